The molecule has 0 radical (unpaired) electrons. The number of allylic oxidation sites excluding steroid dienone is 1. The fourth-order valence-electron chi connectivity index (χ4n) is 7.77. The molecule has 0 aliphatic rings. The third kappa shape index (κ3) is 42.1. The Morgan fingerprint density at radius 2 is 0.698 bits per heavy atom. The van der Waals surface area contributed by atoms with Gasteiger partial charge in [-0.2, -0.15) is 0 Å². The lowest BCUT2D eigenvalue weighted by Crippen LogP contribution is -2.45. The van der Waals surface area contributed by atoms with Gasteiger partial charge in [0.1, 0.15) is 0 Å². The predicted molar refractivity (Wildman–Crippen MR) is 235 cm³/mol. The summed E-state index contributed by atoms with van der Waals surface area (Å²) in [7, 11) is 0. The smallest absolute Gasteiger partial charge is 0.220 e. The molecule has 0 bridgehead atoms. The molecule has 0 saturated heterocycles. The lowest BCUT2D eigenvalue weighted by atomic mass is 10.0. The van der Waals surface area contributed by atoms with Gasteiger partial charge < -0.3 is 15.5 Å². The summed E-state index contributed by atoms with van der Waals surface area (Å²) < 4.78 is 0. The molecule has 4 nitrogen and oxygen atoms in total. The van der Waals surface area contributed by atoms with Crippen molar-refractivity contribution in [2.24, 2.45) is 0 Å². The monoisotopic (exact) mass is 748 g/mol. The van der Waals surface area contributed by atoms with Gasteiger partial charge in [-0.15, -0.1) is 0 Å². The van der Waals surface area contributed by atoms with Crippen LogP contribution in [-0.4, -0.2) is 34.9 Å². The van der Waals surface area contributed by atoms with Gasteiger partial charge in [0.15, 0.2) is 0 Å². The summed E-state index contributed by atoms with van der Waals surface area (Å²) in [5.74, 6) is -0.0619. The summed E-state index contributed by atoms with van der Waals surface area (Å²) in [6.45, 7) is 4.32. The van der Waals surface area contributed by atoms with Gasteiger partial charge >= 0.3 is 0 Å². The summed E-state index contributed by atoms with van der Waals surface area (Å²) in [5, 5.41) is 23.0. The van der Waals surface area contributed by atoms with Crippen LogP contribution in [0.1, 0.15) is 277 Å². The molecule has 0 aliphatic carbocycles. The number of aliphatic hydroxyl groups is 2. The molecule has 0 saturated carbocycles. The van der Waals surface area contributed by atoms with E-state index in [0.29, 0.717) is 6.42 Å². The van der Waals surface area contributed by atoms with E-state index in [4.69, 9.17) is 0 Å². The Labute approximate surface area is 333 Å². The summed E-state index contributed by atoms with van der Waals surface area (Å²) in [5.41, 5.74) is 0. The lowest BCUT2D eigenvalue weighted by Gasteiger charge is -2.20. The van der Waals surface area contributed by atoms with Gasteiger partial charge in [-0.1, -0.05) is 264 Å². The van der Waals surface area contributed by atoms with Gasteiger partial charge in [-0.3, -0.25) is 4.79 Å². The highest BCUT2D eigenvalue weighted by atomic mass is 16.3. The molecular weight excluding hydrogens is 651 g/mol. The normalized spacial score (nSPS) is 12.9. The Bertz CT molecular complexity index is 725. The number of nitrogens with one attached hydrogen (secondary N) is 1. The summed E-state index contributed by atoms with van der Waals surface area (Å²) >= 11 is 0. The summed E-state index contributed by atoms with van der Waals surface area (Å²) in [4.78, 5) is 12.3. The minimum Gasteiger partial charge on any atom is -0.394 e. The molecule has 2 unspecified atom stereocenters. The van der Waals surface area contributed by atoms with Crippen LogP contribution >= 0.6 is 0 Å². The van der Waals surface area contributed by atoms with Crippen molar-refractivity contribution in [3.05, 3.63) is 12.2 Å². The molecule has 0 heterocycles. The molecule has 0 spiro atoms. The van der Waals surface area contributed by atoms with Crippen LogP contribution in [0.5, 0.6) is 0 Å². The number of amides is 1. The topological polar surface area (TPSA) is 69.6 Å². The van der Waals surface area contributed by atoms with Gasteiger partial charge in [-0.25, -0.2) is 0 Å². The first-order chi connectivity index (χ1) is 26.2. The third-order valence-corrected chi connectivity index (χ3v) is 11.5. The van der Waals surface area contributed by atoms with Crippen LogP contribution in [0.3, 0.4) is 0 Å². The average molecular weight is 748 g/mol. The third-order valence-electron chi connectivity index (χ3n) is 11.5. The van der Waals surface area contributed by atoms with Crippen LogP contribution in [-0.2, 0) is 4.79 Å². The van der Waals surface area contributed by atoms with Crippen LogP contribution in [0.25, 0.3) is 0 Å². The molecule has 53 heavy (non-hydrogen) atoms. The zero-order valence-corrected chi connectivity index (χ0v) is 36.3. The molecule has 4 heteroatoms. The molecule has 0 aromatic carbocycles. The van der Waals surface area contributed by atoms with E-state index in [1.807, 2.05) is 6.08 Å². The number of carbonyl (C=O) groups is 1. The molecule has 0 rings (SSSR count). The molecule has 3 N–H and O–H groups in total. The number of rotatable bonds is 45. The highest BCUT2D eigenvalue weighted by Gasteiger charge is 2.18. The SMILES string of the molecule is CCCCCCCCCCCCCCCCCCCCCCCCCCCCCC/C=C/C(O)C(CO)NC(=O)CCCCCCCCCCCCC. The maximum absolute atomic E-state index is 12.3. The minimum absolute atomic E-state index is 0.0619. The fourth-order valence-corrected chi connectivity index (χ4v) is 7.77. The summed E-state index contributed by atoms with van der Waals surface area (Å²) in [6.07, 6.45) is 57.9. The van der Waals surface area contributed by atoms with Gasteiger partial charge in [0.2, 0.25) is 5.91 Å². The Morgan fingerprint density at radius 3 is 0.981 bits per heavy atom. The van der Waals surface area contributed by atoms with Crippen molar-refractivity contribution < 1.29 is 15.0 Å². The van der Waals surface area contributed by atoms with E-state index in [1.165, 1.54) is 231 Å². The van der Waals surface area contributed by atoms with Gasteiger partial charge in [0.05, 0.1) is 18.8 Å². The highest BCUT2D eigenvalue weighted by Crippen LogP contribution is 2.17. The van der Waals surface area contributed by atoms with Crippen LogP contribution in [0.2, 0.25) is 0 Å². The van der Waals surface area contributed by atoms with Gasteiger partial charge in [0.25, 0.3) is 0 Å². The number of unbranched alkanes of at least 4 members (excludes halogenated alkanes) is 38. The second kappa shape index (κ2) is 45.5. The second-order valence-corrected chi connectivity index (χ2v) is 16.9. The summed E-state index contributed by atoms with van der Waals surface area (Å²) in [6, 6.07) is -0.616. The largest absolute Gasteiger partial charge is 0.394 e. The molecule has 1 amide bonds. The Kier molecular flexibility index (Phi) is 44.8. The lowest BCUT2D eigenvalue weighted by molar-refractivity contribution is -0.123. The number of hydrogen-bond acceptors (Lipinski definition) is 3. The van der Waals surface area contributed by atoms with E-state index in [0.717, 1.165) is 25.7 Å². The van der Waals surface area contributed by atoms with E-state index in [2.05, 4.69) is 19.2 Å². The van der Waals surface area contributed by atoms with E-state index >= 15 is 0 Å². The van der Waals surface area contributed by atoms with Crippen LogP contribution in [0.4, 0.5) is 0 Å². The Hall–Kier alpha value is -0.870. The first-order valence-corrected chi connectivity index (χ1v) is 24.4. The average Bonchev–Trinajstić information content (AvgIpc) is 3.16. The van der Waals surface area contributed by atoms with Crippen molar-refractivity contribution in [1.82, 2.24) is 5.32 Å². The molecule has 316 valence electrons. The van der Waals surface area contributed by atoms with Crippen molar-refractivity contribution in [3.63, 3.8) is 0 Å². The minimum atomic E-state index is -0.833. The first-order valence-electron chi connectivity index (χ1n) is 24.4. The zero-order valence-electron chi connectivity index (χ0n) is 36.3. The predicted octanol–water partition coefficient (Wildman–Crippen LogP) is 15.4. The Balaban J connectivity index is 3.41. The standard InChI is InChI=1S/C49H97NO3/c1-3-5-7-9-11-13-15-16-17-18-19-20-21-22-23-24-25-26-27-28-29-30-31-32-33-35-36-38-40-42-44-48(52)47(46-51)50-49(53)45-43-41-39-37-34-14-12-10-8-6-4-2/h42,44,47-48,51-52H,3-41,43,45-46H2,1-2H3,(H,50,53)/b44-42+. The number of aliphatic hydroxyl groups excluding tert-OH is 2. The van der Waals surface area contributed by atoms with Crippen molar-refractivity contribution in [1.29, 1.82) is 0 Å². The van der Waals surface area contributed by atoms with Crippen molar-refractivity contribution >= 4 is 5.91 Å². The second-order valence-electron chi connectivity index (χ2n) is 16.9. The van der Waals surface area contributed by atoms with E-state index < -0.39 is 12.1 Å². The Morgan fingerprint density at radius 1 is 0.434 bits per heavy atom. The number of hydrogen-bond donors (Lipinski definition) is 3. The van der Waals surface area contributed by atoms with Crippen molar-refractivity contribution in [3.8, 4) is 0 Å². The van der Waals surface area contributed by atoms with Crippen LogP contribution < -0.4 is 5.32 Å². The molecular formula is C49H97NO3. The van der Waals surface area contributed by atoms with Gasteiger partial charge in [0, 0.05) is 6.42 Å². The number of carbonyl (C=O) groups excluding carboxylic acids is 1. The molecule has 2 atom stereocenters. The van der Waals surface area contributed by atoms with Gasteiger partial charge in [-0.05, 0) is 19.3 Å². The molecule has 0 aromatic heterocycles. The fraction of sp³-hybridized carbons (Fsp3) is 0.939. The molecule has 0 fully saturated rings. The maximum Gasteiger partial charge on any atom is 0.220 e. The van der Waals surface area contributed by atoms with Crippen LogP contribution in [0.15, 0.2) is 12.2 Å². The molecule has 0 aliphatic heterocycles. The first kappa shape index (κ1) is 52.1. The quantitative estimate of drug-likeness (QED) is 0.0429. The van der Waals surface area contributed by atoms with Crippen LogP contribution in [0, 0.1) is 0 Å². The van der Waals surface area contributed by atoms with Crippen molar-refractivity contribution in [2.75, 3.05) is 6.61 Å². The van der Waals surface area contributed by atoms with E-state index in [-0.39, 0.29) is 12.5 Å². The zero-order chi connectivity index (χ0) is 38.6. The molecule has 0 aromatic rings. The van der Waals surface area contributed by atoms with E-state index in [9.17, 15) is 15.0 Å². The highest BCUT2D eigenvalue weighted by molar-refractivity contribution is 5.76. The van der Waals surface area contributed by atoms with E-state index in [1.54, 1.807) is 6.08 Å². The van der Waals surface area contributed by atoms with Crippen molar-refractivity contribution in [2.45, 2.75) is 289 Å². The maximum atomic E-state index is 12.3.